The molecule has 2 aromatic heterocycles. The largest absolute Gasteiger partial charge is 0.345 e. The van der Waals surface area contributed by atoms with Gasteiger partial charge in [0.25, 0.3) is 11.8 Å². The molecule has 2 heterocycles. The number of aromatic nitrogens is 2. The van der Waals surface area contributed by atoms with E-state index in [4.69, 9.17) is 0 Å². The van der Waals surface area contributed by atoms with Crippen LogP contribution >= 0.6 is 0 Å². The van der Waals surface area contributed by atoms with Crippen LogP contribution in [0.5, 0.6) is 0 Å². The Morgan fingerprint density at radius 3 is 2.44 bits per heavy atom. The lowest BCUT2D eigenvalue weighted by Gasteiger charge is -2.21. The van der Waals surface area contributed by atoms with E-state index in [9.17, 15) is 9.59 Å². The summed E-state index contributed by atoms with van der Waals surface area (Å²) >= 11 is 0. The van der Waals surface area contributed by atoms with Crippen molar-refractivity contribution in [3.63, 3.8) is 0 Å². The van der Waals surface area contributed by atoms with Crippen LogP contribution in [0, 0.1) is 0 Å². The van der Waals surface area contributed by atoms with E-state index in [1.54, 1.807) is 17.2 Å². The van der Waals surface area contributed by atoms with Crippen molar-refractivity contribution in [2.45, 2.75) is 13.5 Å². The first-order valence-corrected chi connectivity index (χ1v) is 8.70. The Morgan fingerprint density at radius 1 is 0.963 bits per heavy atom. The van der Waals surface area contributed by atoms with E-state index in [0.29, 0.717) is 18.7 Å². The second-order valence-corrected chi connectivity index (χ2v) is 5.82. The number of anilines is 1. The summed E-state index contributed by atoms with van der Waals surface area (Å²) in [5.74, 6) is -0.525. The Morgan fingerprint density at radius 2 is 1.74 bits per heavy atom. The third-order valence-corrected chi connectivity index (χ3v) is 4.02. The molecule has 27 heavy (non-hydrogen) atoms. The van der Waals surface area contributed by atoms with Crippen LogP contribution in [0.25, 0.3) is 0 Å². The second-order valence-electron chi connectivity index (χ2n) is 5.82. The van der Waals surface area contributed by atoms with Crippen molar-refractivity contribution in [1.82, 2.24) is 15.3 Å². The molecule has 1 N–H and O–H groups in total. The van der Waals surface area contributed by atoms with Gasteiger partial charge >= 0.3 is 0 Å². The number of hydrogen-bond donors (Lipinski definition) is 1. The van der Waals surface area contributed by atoms with E-state index in [2.05, 4.69) is 15.3 Å². The summed E-state index contributed by atoms with van der Waals surface area (Å²) in [7, 11) is 0. The van der Waals surface area contributed by atoms with Gasteiger partial charge < -0.3 is 10.2 Å². The van der Waals surface area contributed by atoms with Crippen LogP contribution in [-0.2, 0) is 6.54 Å². The molecular weight excluding hydrogens is 340 g/mol. The molecule has 3 aromatic rings. The highest BCUT2D eigenvalue weighted by molar-refractivity contribution is 6.07. The van der Waals surface area contributed by atoms with Gasteiger partial charge in [-0.05, 0) is 43.3 Å². The molecule has 0 saturated heterocycles. The smallest absolute Gasteiger partial charge is 0.270 e. The first-order chi connectivity index (χ1) is 13.2. The molecule has 0 fully saturated rings. The van der Waals surface area contributed by atoms with Gasteiger partial charge in [-0.25, -0.2) is 0 Å². The van der Waals surface area contributed by atoms with Crippen LogP contribution in [0.2, 0.25) is 0 Å². The lowest BCUT2D eigenvalue weighted by molar-refractivity contribution is 0.0945. The van der Waals surface area contributed by atoms with Crippen LogP contribution in [-0.4, -0.2) is 28.3 Å². The van der Waals surface area contributed by atoms with Gasteiger partial charge in [-0.1, -0.05) is 24.3 Å². The number of hydrogen-bond acceptors (Lipinski definition) is 4. The molecule has 0 spiro atoms. The monoisotopic (exact) mass is 360 g/mol. The fourth-order valence-electron chi connectivity index (χ4n) is 2.66. The lowest BCUT2D eigenvalue weighted by Crippen LogP contribution is -2.31. The summed E-state index contributed by atoms with van der Waals surface area (Å²) in [4.78, 5) is 35.2. The van der Waals surface area contributed by atoms with Gasteiger partial charge in [0, 0.05) is 30.2 Å². The third-order valence-electron chi connectivity index (χ3n) is 4.02. The van der Waals surface area contributed by atoms with E-state index in [1.807, 2.05) is 55.5 Å². The summed E-state index contributed by atoms with van der Waals surface area (Å²) in [5, 5.41) is 2.77. The Labute approximate surface area is 157 Å². The maximum Gasteiger partial charge on any atom is 0.270 e. The fraction of sp³-hybridized carbons (Fsp3) is 0.143. The van der Waals surface area contributed by atoms with Crippen molar-refractivity contribution in [2.75, 3.05) is 11.4 Å². The standard InChI is InChI=1S/C21H20N4O2/c1-2-25(18-9-4-3-5-10-18)21(27)16-11-13-23-19(14-16)20(26)24-15-17-8-6-7-12-22-17/h3-14H,2,15H2,1H3,(H,24,26). The molecule has 0 atom stereocenters. The molecule has 2 amide bonds. The summed E-state index contributed by atoms with van der Waals surface area (Å²) in [5.41, 5.74) is 2.17. The predicted octanol–water partition coefficient (Wildman–Crippen LogP) is 3.07. The van der Waals surface area contributed by atoms with Gasteiger partial charge in [-0.2, -0.15) is 0 Å². The molecule has 0 aliphatic heterocycles. The van der Waals surface area contributed by atoms with E-state index in [0.717, 1.165) is 11.4 Å². The third kappa shape index (κ3) is 4.55. The molecule has 136 valence electrons. The van der Waals surface area contributed by atoms with E-state index in [-0.39, 0.29) is 17.5 Å². The molecule has 1 aromatic carbocycles. The molecule has 6 nitrogen and oxygen atoms in total. The van der Waals surface area contributed by atoms with Gasteiger partial charge in [0.15, 0.2) is 0 Å². The van der Waals surface area contributed by atoms with Gasteiger partial charge in [0.05, 0.1) is 12.2 Å². The van der Waals surface area contributed by atoms with Crippen molar-refractivity contribution in [3.05, 3.63) is 90.0 Å². The summed E-state index contributed by atoms with van der Waals surface area (Å²) in [6.45, 7) is 2.73. The van der Waals surface area contributed by atoms with Crippen LogP contribution in [0.1, 0.15) is 33.5 Å². The van der Waals surface area contributed by atoms with Crippen LogP contribution < -0.4 is 10.2 Å². The molecule has 6 heteroatoms. The first kappa shape index (κ1) is 18.3. The highest BCUT2D eigenvalue weighted by Gasteiger charge is 2.18. The Kier molecular flexibility index (Phi) is 5.89. The number of carbonyl (C=O) groups excluding carboxylic acids is 2. The number of amides is 2. The van der Waals surface area contributed by atoms with Crippen molar-refractivity contribution in [3.8, 4) is 0 Å². The Hall–Kier alpha value is -3.54. The zero-order chi connectivity index (χ0) is 19.1. The molecule has 0 unspecified atom stereocenters. The number of nitrogens with one attached hydrogen (secondary N) is 1. The van der Waals surface area contributed by atoms with E-state index < -0.39 is 0 Å². The minimum absolute atomic E-state index is 0.176. The highest BCUT2D eigenvalue weighted by atomic mass is 16.2. The average Bonchev–Trinajstić information content (AvgIpc) is 2.74. The number of pyridine rings is 2. The van der Waals surface area contributed by atoms with Gasteiger partial charge in [0.2, 0.25) is 0 Å². The normalized spacial score (nSPS) is 10.3. The van der Waals surface area contributed by atoms with Crippen molar-refractivity contribution in [2.24, 2.45) is 0 Å². The Bertz CT molecular complexity index is 914. The zero-order valence-electron chi connectivity index (χ0n) is 15.0. The first-order valence-electron chi connectivity index (χ1n) is 8.70. The topological polar surface area (TPSA) is 75.2 Å². The fourth-order valence-corrected chi connectivity index (χ4v) is 2.66. The maximum atomic E-state index is 12.9. The molecular formula is C21H20N4O2. The van der Waals surface area contributed by atoms with Crippen LogP contribution in [0.15, 0.2) is 73.1 Å². The number of nitrogens with zero attached hydrogens (tertiary/aromatic N) is 3. The number of benzene rings is 1. The van der Waals surface area contributed by atoms with Crippen molar-refractivity contribution < 1.29 is 9.59 Å². The summed E-state index contributed by atoms with van der Waals surface area (Å²) in [6.07, 6.45) is 3.14. The van der Waals surface area contributed by atoms with E-state index in [1.165, 1.54) is 12.3 Å². The molecule has 0 aliphatic carbocycles. The van der Waals surface area contributed by atoms with Crippen LogP contribution in [0.3, 0.4) is 0 Å². The number of carbonyl (C=O) groups is 2. The minimum Gasteiger partial charge on any atom is -0.345 e. The van der Waals surface area contributed by atoms with Crippen LogP contribution in [0.4, 0.5) is 5.69 Å². The van der Waals surface area contributed by atoms with Gasteiger partial charge in [0.1, 0.15) is 5.69 Å². The average molecular weight is 360 g/mol. The quantitative estimate of drug-likeness (QED) is 0.733. The molecule has 3 rings (SSSR count). The maximum absolute atomic E-state index is 12.9. The minimum atomic E-state index is -0.349. The zero-order valence-corrected chi connectivity index (χ0v) is 15.0. The number of para-hydroxylation sites is 1. The Balaban J connectivity index is 1.74. The van der Waals surface area contributed by atoms with Gasteiger partial charge in [-0.3, -0.25) is 19.6 Å². The second kappa shape index (κ2) is 8.71. The number of rotatable bonds is 6. The highest BCUT2D eigenvalue weighted by Crippen LogP contribution is 2.16. The molecule has 0 aliphatic rings. The molecule has 0 saturated carbocycles. The molecule has 0 radical (unpaired) electrons. The van der Waals surface area contributed by atoms with Crippen molar-refractivity contribution in [1.29, 1.82) is 0 Å². The van der Waals surface area contributed by atoms with Gasteiger partial charge in [-0.15, -0.1) is 0 Å². The van der Waals surface area contributed by atoms with Crippen molar-refractivity contribution >= 4 is 17.5 Å². The summed E-state index contributed by atoms with van der Waals surface area (Å²) < 4.78 is 0. The van der Waals surface area contributed by atoms with E-state index >= 15 is 0 Å². The predicted molar refractivity (Wildman–Crippen MR) is 103 cm³/mol. The summed E-state index contributed by atoms with van der Waals surface area (Å²) in [6, 6.07) is 18.0. The lowest BCUT2D eigenvalue weighted by atomic mass is 10.1. The molecule has 0 bridgehead atoms. The SMILES string of the molecule is CCN(C(=O)c1ccnc(C(=O)NCc2ccccn2)c1)c1ccccc1.